The Morgan fingerprint density at radius 2 is 0.683 bits per heavy atom. The van der Waals surface area contributed by atoms with Gasteiger partial charge in [0, 0.05) is 44.3 Å². The summed E-state index contributed by atoms with van der Waals surface area (Å²) < 4.78 is 0. The summed E-state index contributed by atoms with van der Waals surface area (Å²) in [4.78, 5) is 64.1. The minimum Gasteiger partial charge on any atom is -0.506 e. The predicted octanol–water partition coefficient (Wildman–Crippen LogP) is 11.7. The summed E-state index contributed by atoms with van der Waals surface area (Å²) >= 11 is 0. The minimum absolute atomic E-state index is 0.157. The number of nitrogens with one attached hydrogen (secondary N) is 2. The van der Waals surface area contributed by atoms with Crippen LogP contribution in [-0.2, 0) is 0 Å². The summed E-state index contributed by atoms with van der Waals surface area (Å²) in [6.45, 7) is 0. The van der Waals surface area contributed by atoms with Gasteiger partial charge in [0.1, 0.15) is 34.2 Å². The smallest absolute Gasteiger partial charge is 0.158 e. The van der Waals surface area contributed by atoms with Crippen LogP contribution in [0.5, 0.6) is 23.0 Å². The average molecular weight is 795 g/mol. The molecule has 16 nitrogen and oxygen atoms in total. The molecule has 7 aromatic rings. The molecule has 4 aromatic carbocycles. The van der Waals surface area contributed by atoms with Crippen LogP contribution in [0.4, 0.5) is 22.7 Å². The topological polar surface area (TPSA) is 256 Å². The molecule has 6 N–H and O–H groups in total. The number of phenolic OH excluding ortho intramolecular Hbond substituents is 4. The highest BCUT2D eigenvalue weighted by molar-refractivity contribution is 6.00. The second-order valence-electron chi connectivity index (χ2n) is 13.7. The Hall–Kier alpha value is -8.92. The molecule has 0 atom stereocenters. The number of rotatable bonds is 8. The number of phenols is 4. The molecule has 0 saturated carbocycles. The van der Waals surface area contributed by atoms with E-state index in [1.54, 1.807) is 72.8 Å². The summed E-state index contributed by atoms with van der Waals surface area (Å²) in [5.74, 6) is -1.33. The van der Waals surface area contributed by atoms with Gasteiger partial charge in [-0.3, -0.25) is 0 Å². The van der Waals surface area contributed by atoms with Crippen LogP contribution >= 0.6 is 0 Å². The highest BCUT2D eigenvalue weighted by atomic mass is 16.3. The van der Waals surface area contributed by atoms with Gasteiger partial charge in [0.2, 0.25) is 0 Å². The van der Waals surface area contributed by atoms with Crippen molar-refractivity contribution in [1.82, 2.24) is 19.9 Å². The molecule has 2 aliphatic heterocycles. The zero-order valence-electron chi connectivity index (χ0n) is 30.7. The Kier molecular flexibility index (Phi) is 8.90. The molecule has 0 spiro atoms. The lowest BCUT2D eigenvalue weighted by molar-refractivity contribution is 0.404. The monoisotopic (exact) mass is 794 g/mol. The van der Waals surface area contributed by atoms with Gasteiger partial charge in [-0.25, -0.2) is 9.97 Å². The standard InChI is InChI=1S/C44H26N8O8/c53-37-14-2-22(18-35(37)51-59)42-28-8-6-26(45-28)41(21-1-5-25(49-57)34(17-21)50-58)27-7-9-29(46-27)43(23-3-15-38(54)36(19-23)52-60)31-11-13-33(48-31)44(32-12-10-30(42)47-32)24-4-16-39(55)40(56)20-24/h1-20,45,48,53-56H. The third-order valence-corrected chi connectivity index (χ3v) is 10.2. The molecule has 16 heteroatoms. The van der Waals surface area contributed by atoms with Gasteiger partial charge < -0.3 is 30.4 Å². The van der Waals surface area contributed by atoms with E-state index < -0.39 is 0 Å². The van der Waals surface area contributed by atoms with Gasteiger partial charge in [-0.05, 0) is 140 Å². The van der Waals surface area contributed by atoms with Crippen molar-refractivity contribution in [2.45, 2.75) is 0 Å². The number of aromatic nitrogens is 4. The highest BCUT2D eigenvalue weighted by Gasteiger charge is 2.21. The molecule has 0 fully saturated rings. The lowest BCUT2D eigenvalue weighted by atomic mass is 10.0. The van der Waals surface area contributed by atoms with Crippen LogP contribution in [0.2, 0.25) is 0 Å². The first-order valence-corrected chi connectivity index (χ1v) is 18.0. The summed E-state index contributed by atoms with van der Waals surface area (Å²) in [5, 5.41) is 53.6. The molecule has 9 rings (SSSR count). The number of hydrogen-bond acceptors (Lipinski definition) is 14. The maximum Gasteiger partial charge on any atom is 0.158 e. The molecule has 2 aliphatic rings. The third kappa shape index (κ3) is 6.22. The summed E-state index contributed by atoms with van der Waals surface area (Å²) in [6, 6.07) is 24.7. The highest BCUT2D eigenvalue weighted by Crippen LogP contribution is 2.43. The fourth-order valence-corrected chi connectivity index (χ4v) is 7.43. The molecule has 3 aromatic heterocycles. The van der Waals surface area contributed by atoms with Crippen LogP contribution in [0.25, 0.3) is 90.9 Å². The van der Waals surface area contributed by atoms with Crippen molar-refractivity contribution in [3.63, 3.8) is 0 Å². The van der Waals surface area contributed by atoms with Gasteiger partial charge in [0.05, 0.1) is 22.8 Å². The maximum absolute atomic E-state index is 11.9. The average Bonchev–Trinajstić information content (AvgIpc) is 4.11. The molecule has 0 amide bonds. The molecule has 290 valence electrons. The van der Waals surface area contributed by atoms with Gasteiger partial charge in [0.15, 0.2) is 11.5 Å². The molecule has 60 heavy (non-hydrogen) atoms. The van der Waals surface area contributed by atoms with Crippen molar-refractivity contribution in [2.75, 3.05) is 0 Å². The third-order valence-electron chi connectivity index (χ3n) is 10.2. The van der Waals surface area contributed by atoms with Crippen LogP contribution in [0.3, 0.4) is 0 Å². The minimum atomic E-state index is -0.367. The van der Waals surface area contributed by atoms with Crippen molar-refractivity contribution in [3.8, 4) is 67.5 Å². The Balaban J connectivity index is 1.49. The second-order valence-corrected chi connectivity index (χ2v) is 13.7. The van der Waals surface area contributed by atoms with E-state index in [1.807, 2.05) is 0 Å². The van der Waals surface area contributed by atoms with E-state index in [0.717, 1.165) is 0 Å². The zero-order valence-corrected chi connectivity index (χ0v) is 30.7. The number of benzene rings is 4. The molecule has 0 saturated heterocycles. The first-order chi connectivity index (χ1) is 29.2. The number of nitroso groups, excluding NO2 is 4. The van der Waals surface area contributed by atoms with E-state index in [-0.39, 0.29) is 45.7 Å². The molecular formula is C44H26N8O8. The van der Waals surface area contributed by atoms with Gasteiger partial charge >= 0.3 is 0 Å². The van der Waals surface area contributed by atoms with Gasteiger partial charge in [-0.15, -0.1) is 19.6 Å². The molecule has 0 aliphatic carbocycles. The lowest BCUT2D eigenvalue weighted by Gasteiger charge is -2.08. The van der Waals surface area contributed by atoms with E-state index in [2.05, 4.69) is 30.7 Å². The number of H-pyrrole nitrogens is 2. The van der Waals surface area contributed by atoms with E-state index in [1.165, 1.54) is 48.5 Å². The van der Waals surface area contributed by atoms with E-state index >= 15 is 0 Å². The maximum atomic E-state index is 11.9. The molecule has 8 bridgehead atoms. The fourth-order valence-electron chi connectivity index (χ4n) is 7.43. The number of fused-ring (bicyclic) bond motifs is 8. The Labute approximate surface area is 336 Å². The number of aromatic amines is 2. The summed E-state index contributed by atoms with van der Waals surface area (Å²) in [5.41, 5.74) is 6.82. The van der Waals surface area contributed by atoms with Crippen LogP contribution in [0.1, 0.15) is 22.8 Å². The largest absolute Gasteiger partial charge is 0.506 e. The Bertz CT molecular complexity index is 3200. The van der Waals surface area contributed by atoms with E-state index in [0.29, 0.717) is 89.4 Å². The van der Waals surface area contributed by atoms with Crippen LogP contribution in [0, 0.1) is 19.6 Å². The zero-order chi connectivity index (χ0) is 41.7. The number of nitrogens with zero attached hydrogens (tertiary/aromatic N) is 6. The van der Waals surface area contributed by atoms with Crippen molar-refractivity contribution < 1.29 is 20.4 Å². The summed E-state index contributed by atoms with van der Waals surface area (Å²) in [6.07, 6.45) is 7.03. The molecule has 5 heterocycles. The Morgan fingerprint density at radius 3 is 1.05 bits per heavy atom. The Morgan fingerprint density at radius 1 is 0.350 bits per heavy atom. The van der Waals surface area contributed by atoms with Gasteiger partial charge in [-0.1, -0.05) is 24.3 Å². The van der Waals surface area contributed by atoms with Crippen LogP contribution in [-0.4, -0.2) is 40.4 Å². The van der Waals surface area contributed by atoms with Gasteiger partial charge in [-0.2, -0.15) is 0 Å². The van der Waals surface area contributed by atoms with Gasteiger partial charge in [0.25, 0.3) is 0 Å². The predicted molar refractivity (Wildman–Crippen MR) is 229 cm³/mol. The molecule has 0 unspecified atom stereocenters. The van der Waals surface area contributed by atoms with Crippen molar-refractivity contribution >= 4 is 69.1 Å². The van der Waals surface area contributed by atoms with Crippen molar-refractivity contribution in [2.24, 2.45) is 20.7 Å². The normalized spacial score (nSPS) is 11.7. The summed E-state index contributed by atoms with van der Waals surface area (Å²) in [7, 11) is 0. The fraction of sp³-hybridized carbons (Fsp3) is 0. The molecular weight excluding hydrogens is 769 g/mol. The van der Waals surface area contributed by atoms with Crippen molar-refractivity contribution in [3.05, 3.63) is 139 Å². The molecule has 0 radical (unpaired) electrons. The van der Waals surface area contributed by atoms with E-state index in [9.17, 15) is 40.1 Å². The second kappa shape index (κ2) is 14.5. The quantitative estimate of drug-likeness (QED) is 0.0626. The SMILES string of the molecule is O=Nc1cc(-c2c3nc(c(-c4ccc(N=O)c(N=O)c4)c4ccc([nH]4)c(-c4ccc(O)c(N=O)c4)c4nc(c(-c5ccc(O)c(O)c5)c5ccc2[nH]5)C=C4)C=C3)ccc1O. The van der Waals surface area contributed by atoms with Crippen LogP contribution in [0.15, 0.2) is 118 Å². The van der Waals surface area contributed by atoms with Crippen LogP contribution < -0.4 is 0 Å². The first-order valence-electron chi connectivity index (χ1n) is 18.0. The van der Waals surface area contributed by atoms with Crippen molar-refractivity contribution in [1.29, 1.82) is 0 Å². The number of hydrogen-bond donors (Lipinski definition) is 6. The van der Waals surface area contributed by atoms with E-state index in [4.69, 9.17) is 9.97 Å². The lowest BCUT2D eigenvalue weighted by Crippen LogP contribution is -1.90. The number of aromatic hydroxyl groups is 4. The first kappa shape index (κ1) is 36.7.